The summed E-state index contributed by atoms with van der Waals surface area (Å²) in [6.07, 6.45) is -1.90. The van der Waals surface area contributed by atoms with E-state index in [1.54, 1.807) is 6.92 Å². The van der Waals surface area contributed by atoms with Gasteiger partial charge in [-0.25, -0.2) is 13.2 Å². The Balaban J connectivity index is 0.960. The van der Waals surface area contributed by atoms with Crippen LogP contribution in [0.1, 0.15) is 107 Å². The zero-order valence-corrected chi connectivity index (χ0v) is 32.2. The second-order valence-electron chi connectivity index (χ2n) is 13.8. The van der Waals surface area contributed by atoms with Gasteiger partial charge in [-0.1, -0.05) is 50.7 Å². The van der Waals surface area contributed by atoms with Crippen LogP contribution in [0, 0.1) is 30.2 Å². The normalized spacial score (nSPS) is 21.0. The molecule has 0 N–H and O–H groups in total. The van der Waals surface area contributed by atoms with Gasteiger partial charge < -0.3 is 42.6 Å². The van der Waals surface area contributed by atoms with Crippen LogP contribution in [-0.2, 0) is 37.9 Å². The van der Waals surface area contributed by atoms with E-state index in [0.717, 1.165) is 51.4 Å². The van der Waals surface area contributed by atoms with Crippen LogP contribution in [0.25, 0.3) is 0 Å². The van der Waals surface area contributed by atoms with Gasteiger partial charge in [0.1, 0.15) is 12.2 Å². The minimum Gasteiger partial charge on any atom is -0.491 e. The van der Waals surface area contributed by atoms with Crippen molar-refractivity contribution in [2.24, 2.45) is 0 Å². The number of alkyl halides is 3. The van der Waals surface area contributed by atoms with Crippen LogP contribution < -0.4 is 4.74 Å². The number of aryl methyl sites for hydroxylation is 1. The second-order valence-corrected chi connectivity index (χ2v) is 13.8. The summed E-state index contributed by atoms with van der Waals surface area (Å²) in [5, 5.41) is 0. The molecule has 2 fully saturated rings. The molecule has 0 aromatic heterocycles. The summed E-state index contributed by atoms with van der Waals surface area (Å²) >= 11 is 0. The molecule has 4 rings (SSSR count). The quantitative estimate of drug-likeness (QED) is 0.0553. The maximum atomic E-state index is 14.5. The van der Waals surface area contributed by atoms with Crippen LogP contribution in [0.15, 0.2) is 24.3 Å². The highest BCUT2D eigenvalue weighted by molar-refractivity contribution is 5.32. The number of halogens is 7. The van der Waals surface area contributed by atoms with E-state index in [-0.39, 0.29) is 80.9 Å². The van der Waals surface area contributed by atoms with E-state index >= 15 is 0 Å². The molecular formula is C40H55F7O9. The number of unbranched alkanes of at least 4 members (excludes halogenated alkanes) is 8. The molecule has 1 atom stereocenters. The van der Waals surface area contributed by atoms with Crippen molar-refractivity contribution in [3.05, 3.63) is 64.2 Å². The van der Waals surface area contributed by atoms with Crippen molar-refractivity contribution in [2.75, 3.05) is 59.5 Å². The van der Waals surface area contributed by atoms with Crippen LogP contribution in [0.3, 0.4) is 0 Å². The number of hydrogen-bond donors (Lipinski definition) is 0. The molecule has 0 saturated carbocycles. The van der Waals surface area contributed by atoms with Crippen LogP contribution in [0.4, 0.5) is 30.7 Å². The standard InChI is InChI=1S/C40H55F7O9/c1-3-48-32-17-16-31(36(43)37(32)44)39-55-25-29(26-56-39)50-19-11-7-5-9-13-21-52-33(22-40(45,46)47)51-20-12-8-4-6-10-18-49-28-23-53-38(54-24-28)30-15-14-27(2)34(41)35(30)42/h14-17,28-29,33,38-39H,3-13,18-26H2,1-2H3. The highest BCUT2D eigenvalue weighted by Crippen LogP contribution is 2.32. The van der Waals surface area contributed by atoms with E-state index < -0.39 is 54.7 Å². The number of rotatable bonds is 25. The third-order valence-electron chi connectivity index (χ3n) is 9.21. The minimum atomic E-state index is -4.41. The number of ether oxygens (including phenoxy) is 9. The Morgan fingerprint density at radius 2 is 1.02 bits per heavy atom. The lowest BCUT2D eigenvalue weighted by Gasteiger charge is -2.30. The molecule has 2 aromatic carbocycles. The van der Waals surface area contributed by atoms with Crippen molar-refractivity contribution >= 4 is 0 Å². The largest absolute Gasteiger partial charge is 0.491 e. The van der Waals surface area contributed by atoms with Gasteiger partial charge in [0.05, 0.1) is 39.5 Å². The fourth-order valence-electron chi connectivity index (χ4n) is 6.11. The number of benzene rings is 2. The molecule has 0 radical (unpaired) electrons. The molecule has 0 aliphatic carbocycles. The summed E-state index contributed by atoms with van der Waals surface area (Å²) in [5.41, 5.74) is 0.174. The van der Waals surface area contributed by atoms with Crippen molar-refractivity contribution in [3.63, 3.8) is 0 Å². The molecule has 2 heterocycles. The fourth-order valence-corrected chi connectivity index (χ4v) is 6.11. The highest BCUT2D eigenvalue weighted by Gasteiger charge is 2.33. The molecule has 0 bridgehead atoms. The Bertz CT molecular complexity index is 1420. The van der Waals surface area contributed by atoms with E-state index in [2.05, 4.69) is 0 Å². The third-order valence-corrected chi connectivity index (χ3v) is 9.21. The molecule has 0 spiro atoms. The van der Waals surface area contributed by atoms with Crippen molar-refractivity contribution in [1.29, 1.82) is 0 Å². The third kappa shape index (κ3) is 15.6. The Labute approximate surface area is 324 Å². The summed E-state index contributed by atoms with van der Waals surface area (Å²) in [6, 6.07) is 5.64. The minimum absolute atomic E-state index is 0.0152. The van der Waals surface area contributed by atoms with Crippen molar-refractivity contribution in [3.8, 4) is 5.75 Å². The molecule has 0 amide bonds. The molecule has 56 heavy (non-hydrogen) atoms. The average molecular weight is 813 g/mol. The van der Waals surface area contributed by atoms with Gasteiger partial charge in [0.2, 0.25) is 5.82 Å². The van der Waals surface area contributed by atoms with Gasteiger partial charge in [-0.05, 0) is 57.2 Å². The van der Waals surface area contributed by atoms with E-state index in [9.17, 15) is 30.7 Å². The predicted molar refractivity (Wildman–Crippen MR) is 190 cm³/mol. The van der Waals surface area contributed by atoms with Crippen molar-refractivity contribution in [1.82, 2.24) is 0 Å². The first-order chi connectivity index (χ1) is 27.0. The highest BCUT2D eigenvalue weighted by atomic mass is 19.4. The first-order valence-corrected chi connectivity index (χ1v) is 19.5. The zero-order chi connectivity index (χ0) is 40.3. The summed E-state index contributed by atoms with van der Waals surface area (Å²) in [4.78, 5) is 0. The van der Waals surface area contributed by atoms with Gasteiger partial charge in [0, 0.05) is 37.6 Å². The van der Waals surface area contributed by atoms with E-state index in [4.69, 9.17) is 42.6 Å². The van der Waals surface area contributed by atoms with Crippen molar-refractivity contribution < 1.29 is 73.4 Å². The van der Waals surface area contributed by atoms with E-state index in [1.165, 1.54) is 31.2 Å². The second kappa shape index (κ2) is 24.4. The fraction of sp³-hybridized carbons (Fsp3) is 0.700. The maximum absolute atomic E-state index is 14.5. The van der Waals surface area contributed by atoms with Crippen molar-refractivity contribution in [2.45, 2.75) is 122 Å². The van der Waals surface area contributed by atoms with Gasteiger partial charge in [-0.2, -0.15) is 17.6 Å². The molecule has 1 unspecified atom stereocenters. The lowest BCUT2D eigenvalue weighted by molar-refractivity contribution is -0.231. The topological polar surface area (TPSA) is 83.1 Å². The molecule has 2 aliphatic heterocycles. The lowest BCUT2D eigenvalue weighted by Crippen LogP contribution is -2.34. The van der Waals surface area contributed by atoms with Crippen LogP contribution in [0.5, 0.6) is 5.75 Å². The maximum Gasteiger partial charge on any atom is 0.393 e. The van der Waals surface area contributed by atoms with Gasteiger partial charge in [0.15, 0.2) is 42.1 Å². The summed E-state index contributed by atoms with van der Waals surface area (Å²) < 4.78 is 146. The first-order valence-electron chi connectivity index (χ1n) is 19.5. The Hall–Kier alpha value is -2.57. The molecule has 9 nitrogen and oxygen atoms in total. The average Bonchev–Trinajstić information content (AvgIpc) is 3.17. The summed E-state index contributed by atoms with van der Waals surface area (Å²) in [7, 11) is 0. The van der Waals surface area contributed by atoms with E-state index in [1.807, 2.05) is 0 Å². The summed E-state index contributed by atoms with van der Waals surface area (Å²) in [5.74, 6) is -4.23. The van der Waals surface area contributed by atoms with Crippen LogP contribution >= 0.6 is 0 Å². The van der Waals surface area contributed by atoms with Crippen LogP contribution in [-0.4, -0.2) is 84.1 Å². The van der Waals surface area contributed by atoms with Gasteiger partial charge >= 0.3 is 6.18 Å². The predicted octanol–water partition coefficient (Wildman–Crippen LogP) is 9.72. The Kier molecular flexibility index (Phi) is 20.1. The zero-order valence-electron chi connectivity index (χ0n) is 32.2. The molecule has 2 saturated heterocycles. The molecule has 318 valence electrons. The lowest BCUT2D eigenvalue weighted by atomic mass is 10.1. The van der Waals surface area contributed by atoms with Gasteiger partial charge in [0.25, 0.3) is 0 Å². The Morgan fingerprint density at radius 1 is 0.589 bits per heavy atom. The molecule has 16 heteroatoms. The molecular weight excluding hydrogens is 757 g/mol. The number of hydrogen-bond acceptors (Lipinski definition) is 9. The van der Waals surface area contributed by atoms with Gasteiger partial charge in [-0.15, -0.1) is 0 Å². The molecule has 2 aromatic rings. The Morgan fingerprint density at radius 3 is 1.48 bits per heavy atom. The summed E-state index contributed by atoms with van der Waals surface area (Å²) in [6.45, 7) is 5.30. The smallest absolute Gasteiger partial charge is 0.393 e. The SMILES string of the molecule is CCOc1ccc(C2OCC(OCCCCCCCOC(CC(F)(F)F)OCCCCCCCOC3COC(c4ccc(C)c(F)c4F)OC3)CO2)c(F)c1F. The monoisotopic (exact) mass is 812 g/mol. The van der Waals surface area contributed by atoms with Crippen LogP contribution in [0.2, 0.25) is 0 Å². The van der Waals surface area contributed by atoms with Gasteiger partial charge in [-0.3, -0.25) is 0 Å². The first kappa shape index (κ1) is 46.1. The van der Waals surface area contributed by atoms with E-state index in [0.29, 0.717) is 26.1 Å². The molecule has 2 aliphatic rings.